The molecule has 0 aliphatic rings. The van der Waals surface area contributed by atoms with Crippen LogP contribution >= 0.6 is 11.3 Å². The zero-order chi connectivity index (χ0) is 13.0. The van der Waals surface area contributed by atoms with Crippen molar-refractivity contribution in [3.05, 3.63) is 40.3 Å². The standard InChI is InChI=1S/C13H14N4S/c1-9(13-16-4-5-18-13)8-17-12-3-2-11(15)6-10(12)7-14/h2-6,9,17H,8,15H2,1H3. The van der Waals surface area contributed by atoms with Gasteiger partial charge in [-0.2, -0.15) is 5.26 Å². The minimum absolute atomic E-state index is 0.314. The van der Waals surface area contributed by atoms with E-state index < -0.39 is 0 Å². The maximum absolute atomic E-state index is 9.04. The van der Waals surface area contributed by atoms with Crippen LogP contribution in [-0.4, -0.2) is 11.5 Å². The zero-order valence-electron chi connectivity index (χ0n) is 10.1. The molecule has 1 unspecified atom stereocenters. The van der Waals surface area contributed by atoms with Gasteiger partial charge < -0.3 is 11.1 Å². The molecule has 0 fully saturated rings. The van der Waals surface area contributed by atoms with Gasteiger partial charge in [-0.15, -0.1) is 11.3 Å². The number of nitrogens with two attached hydrogens (primary N) is 1. The first-order valence-corrected chi connectivity index (χ1v) is 6.51. The number of anilines is 2. The third kappa shape index (κ3) is 2.79. The molecule has 92 valence electrons. The summed E-state index contributed by atoms with van der Waals surface area (Å²) in [4.78, 5) is 4.28. The Morgan fingerprint density at radius 2 is 2.39 bits per heavy atom. The molecule has 3 N–H and O–H groups in total. The largest absolute Gasteiger partial charge is 0.399 e. The molecule has 2 rings (SSSR count). The van der Waals surface area contributed by atoms with Gasteiger partial charge in [-0.3, -0.25) is 0 Å². The average molecular weight is 258 g/mol. The lowest BCUT2D eigenvalue weighted by Gasteiger charge is -2.12. The summed E-state index contributed by atoms with van der Waals surface area (Å²) in [6.07, 6.45) is 1.81. The maximum atomic E-state index is 9.04. The molecule has 0 aliphatic heterocycles. The van der Waals surface area contributed by atoms with Gasteiger partial charge in [-0.25, -0.2) is 4.98 Å². The average Bonchev–Trinajstić information content (AvgIpc) is 2.90. The summed E-state index contributed by atoms with van der Waals surface area (Å²) >= 11 is 1.64. The van der Waals surface area contributed by atoms with Crippen LogP contribution in [0.2, 0.25) is 0 Å². The molecule has 1 atom stereocenters. The van der Waals surface area contributed by atoms with Crippen molar-refractivity contribution in [2.75, 3.05) is 17.6 Å². The first-order chi connectivity index (χ1) is 8.70. The summed E-state index contributed by atoms with van der Waals surface area (Å²) in [5.74, 6) is 0.314. The first-order valence-electron chi connectivity index (χ1n) is 5.63. The van der Waals surface area contributed by atoms with Crippen LogP contribution < -0.4 is 11.1 Å². The fraction of sp³-hybridized carbons (Fsp3) is 0.231. The van der Waals surface area contributed by atoms with Crippen LogP contribution in [-0.2, 0) is 0 Å². The van der Waals surface area contributed by atoms with E-state index in [4.69, 9.17) is 11.0 Å². The van der Waals surface area contributed by atoms with Gasteiger partial charge in [0.25, 0.3) is 0 Å². The molecule has 0 bridgehead atoms. The van der Waals surface area contributed by atoms with E-state index in [2.05, 4.69) is 23.3 Å². The summed E-state index contributed by atoms with van der Waals surface area (Å²) in [6, 6.07) is 7.44. The Kier molecular flexibility index (Phi) is 3.80. The van der Waals surface area contributed by atoms with Crippen LogP contribution in [0, 0.1) is 11.3 Å². The van der Waals surface area contributed by atoms with Crippen molar-refractivity contribution in [3.8, 4) is 6.07 Å². The van der Waals surface area contributed by atoms with Crippen molar-refractivity contribution in [2.45, 2.75) is 12.8 Å². The molecule has 5 heteroatoms. The zero-order valence-corrected chi connectivity index (χ0v) is 10.9. The number of thiazole rings is 1. The topological polar surface area (TPSA) is 74.7 Å². The number of aromatic nitrogens is 1. The molecule has 0 radical (unpaired) electrons. The van der Waals surface area contributed by atoms with Crippen LogP contribution in [0.4, 0.5) is 11.4 Å². The van der Waals surface area contributed by atoms with Gasteiger partial charge in [0, 0.05) is 29.7 Å². The highest BCUT2D eigenvalue weighted by atomic mass is 32.1. The lowest BCUT2D eigenvalue weighted by Crippen LogP contribution is -2.10. The molecule has 1 heterocycles. The van der Waals surface area contributed by atoms with Crippen molar-refractivity contribution in [1.82, 2.24) is 4.98 Å². The Morgan fingerprint density at radius 1 is 1.56 bits per heavy atom. The van der Waals surface area contributed by atoms with E-state index in [0.717, 1.165) is 17.2 Å². The molecule has 1 aromatic heterocycles. The molecule has 0 amide bonds. The quantitative estimate of drug-likeness (QED) is 0.827. The lowest BCUT2D eigenvalue weighted by atomic mass is 10.1. The third-order valence-electron chi connectivity index (χ3n) is 2.64. The smallest absolute Gasteiger partial charge is 0.101 e. The predicted molar refractivity (Wildman–Crippen MR) is 74.6 cm³/mol. The number of nitrogen functional groups attached to an aromatic ring is 1. The SMILES string of the molecule is CC(CNc1ccc(N)cc1C#N)c1nccs1. The van der Waals surface area contributed by atoms with Gasteiger partial charge >= 0.3 is 0 Å². The van der Waals surface area contributed by atoms with Crippen molar-refractivity contribution < 1.29 is 0 Å². The maximum Gasteiger partial charge on any atom is 0.101 e. The van der Waals surface area contributed by atoms with Crippen LogP contribution in [0.1, 0.15) is 23.4 Å². The fourth-order valence-electron chi connectivity index (χ4n) is 1.64. The van der Waals surface area contributed by atoms with Crippen molar-refractivity contribution in [2.24, 2.45) is 0 Å². The van der Waals surface area contributed by atoms with E-state index in [-0.39, 0.29) is 0 Å². The number of benzene rings is 1. The number of rotatable bonds is 4. The van der Waals surface area contributed by atoms with Crippen molar-refractivity contribution >= 4 is 22.7 Å². The highest BCUT2D eigenvalue weighted by Gasteiger charge is 2.09. The van der Waals surface area contributed by atoms with Gasteiger partial charge in [-0.05, 0) is 18.2 Å². The third-order valence-corrected chi connectivity index (χ3v) is 3.64. The second-order valence-electron chi connectivity index (χ2n) is 4.07. The van der Waals surface area contributed by atoms with Crippen molar-refractivity contribution in [1.29, 1.82) is 5.26 Å². The summed E-state index contributed by atoms with van der Waals surface area (Å²) < 4.78 is 0. The van der Waals surface area contributed by atoms with E-state index in [1.54, 1.807) is 29.7 Å². The minimum atomic E-state index is 0.314. The Bertz CT molecular complexity index is 557. The Balaban J connectivity index is 2.05. The molecular formula is C13H14N4S. The number of hydrogen-bond donors (Lipinski definition) is 2. The van der Waals surface area contributed by atoms with Crippen LogP contribution in [0.5, 0.6) is 0 Å². The van der Waals surface area contributed by atoms with Crippen LogP contribution in [0.3, 0.4) is 0 Å². The van der Waals surface area contributed by atoms with E-state index in [1.807, 2.05) is 11.4 Å². The number of nitriles is 1. The Labute approximate surface area is 110 Å². The second kappa shape index (κ2) is 5.52. The lowest BCUT2D eigenvalue weighted by molar-refractivity contribution is 0.795. The number of nitrogens with zero attached hydrogens (tertiary/aromatic N) is 2. The van der Waals surface area contributed by atoms with Gasteiger partial charge in [0.1, 0.15) is 6.07 Å². The highest BCUT2D eigenvalue weighted by Crippen LogP contribution is 2.21. The summed E-state index contributed by atoms with van der Waals surface area (Å²) in [5.41, 5.74) is 7.64. The number of nitrogens with one attached hydrogen (secondary N) is 1. The Morgan fingerprint density at radius 3 is 3.06 bits per heavy atom. The molecular weight excluding hydrogens is 244 g/mol. The van der Waals surface area contributed by atoms with E-state index >= 15 is 0 Å². The van der Waals surface area contributed by atoms with Gasteiger partial charge in [0.2, 0.25) is 0 Å². The molecule has 0 aliphatic carbocycles. The molecule has 0 spiro atoms. The van der Waals surface area contributed by atoms with Gasteiger partial charge in [0.15, 0.2) is 0 Å². The summed E-state index contributed by atoms with van der Waals surface area (Å²) in [6.45, 7) is 2.85. The highest BCUT2D eigenvalue weighted by molar-refractivity contribution is 7.09. The molecule has 0 saturated carbocycles. The van der Waals surface area contributed by atoms with E-state index in [9.17, 15) is 0 Å². The summed E-state index contributed by atoms with van der Waals surface area (Å²) in [5, 5.41) is 15.4. The van der Waals surface area contributed by atoms with Gasteiger partial charge in [0.05, 0.1) is 16.3 Å². The fourth-order valence-corrected chi connectivity index (χ4v) is 2.34. The molecule has 4 nitrogen and oxygen atoms in total. The Hall–Kier alpha value is -2.06. The number of hydrogen-bond acceptors (Lipinski definition) is 5. The van der Waals surface area contributed by atoms with Gasteiger partial charge in [-0.1, -0.05) is 6.92 Å². The molecule has 18 heavy (non-hydrogen) atoms. The predicted octanol–water partition coefficient (Wildman–Crippen LogP) is 2.81. The minimum Gasteiger partial charge on any atom is -0.399 e. The molecule has 0 saturated heterocycles. The van der Waals surface area contributed by atoms with Crippen LogP contribution in [0.15, 0.2) is 29.8 Å². The second-order valence-corrected chi connectivity index (χ2v) is 5.00. The normalized spacial score (nSPS) is 11.8. The van der Waals surface area contributed by atoms with Crippen LogP contribution in [0.25, 0.3) is 0 Å². The van der Waals surface area contributed by atoms with Crippen molar-refractivity contribution in [3.63, 3.8) is 0 Å². The van der Waals surface area contributed by atoms with E-state index in [0.29, 0.717) is 17.2 Å². The molecule has 1 aromatic carbocycles. The first kappa shape index (κ1) is 12.4. The summed E-state index contributed by atoms with van der Waals surface area (Å²) in [7, 11) is 0. The van der Waals surface area contributed by atoms with E-state index in [1.165, 1.54) is 0 Å². The monoisotopic (exact) mass is 258 g/mol. The molecule has 2 aromatic rings.